The van der Waals surface area contributed by atoms with E-state index in [0.717, 1.165) is 17.8 Å². The molecular formula is C14H20. The maximum atomic E-state index is 2.45. The van der Waals surface area contributed by atoms with E-state index >= 15 is 0 Å². The monoisotopic (exact) mass is 188 g/mol. The molecule has 3 rings (SSSR count). The SMILES string of the molecule is CC=C1CC2CC1C1=C2CCCC1C. The molecule has 0 aromatic heterocycles. The predicted octanol–water partition coefficient (Wildman–Crippen LogP) is 4.09. The number of hydrogen-bond acceptors (Lipinski definition) is 0. The van der Waals surface area contributed by atoms with Gasteiger partial charge in [0.25, 0.3) is 0 Å². The zero-order valence-corrected chi connectivity index (χ0v) is 9.34. The molecule has 1 saturated carbocycles. The van der Waals surface area contributed by atoms with Crippen molar-refractivity contribution in [1.82, 2.24) is 0 Å². The predicted molar refractivity (Wildman–Crippen MR) is 60.0 cm³/mol. The van der Waals surface area contributed by atoms with Gasteiger partial charge in [-0.3, -0.25) is 0 Å². The Balaban J connectivity index is 2.03. The van der Waals surface area contributed by atoms with Crippen LogP contribution in [0, 0.1) is 17.8 Å². The Morgan fingerprint density at radius 2 is 2.21 bits per heavy atom. The van der Waals surface area contributed by atoms with Gasteiger partial charge in [-0.15, -0.1) is 0 Å². The van der Waals surface area contributed by atoms with E-state index in [4.69, 9.17) is 0 Å². The highest BCUT2D eigenvalue weighted by atomic mass is 14.5. The summed E-state index contributed by atoms with van der Waals surface area (Å²) in [5, 5.41) is 0. The molecule has 0 radical (unpaired) electrons. The fraction of sp³-hybridized carbons (Fsp3) is 0.714. The van der Waals surface area contributed by atoms with Crippen molar-refractivity contribution < 1.29 is 0 Å². The molecule has 0 N–H and O–H groups in total. The summed E-state index contributed by atoms with van der Waals surface area (Å²) in [6, 6.07) is 0. The maximum Gasteiger partial charge on any atom is 0.00183 e. The molecule has 0 saturated heterocycles. The highest BCUT2D eigenvalue weighted by molar-refractivity contribution is 5.41. The zero-order valence-electron chi connectivity index (χ0n) is 9.34. The van der Waals surface area contributed by atoms with Gasteiger partial charge in [0.1, 0.15) is 0 Å². The summed E-state index contributed by atoms with van der Waals surface area (Å²) in [5.41, 5.74) is 5.52. The molecule has 14 heavy (non-hydrogen) atoms. The van der Waals surface area contributed by atoms with Crippen LogP contribution >= 0.6 is 0 Å². The van der Waals surface area contributed by atoms with Crippen LogP contribution in [-0.2, 0) is 0 Å². The first-order valence-electron chi connectivity index (χ1n) is 6.19. The van der Waals surface area contributed by atoms with E-state index < -0.39 is 0 Å². The molecular weight excluding hydrogens is 168 g/mol. The van der Waals surface area contributed by atoms with E-state index in [0.29, 0.717) is 0 Å². The Hall–Kier alpha value is -0.520. The third-order valence-electron chi connectivity index (χ3n) is 4.67. The van der Waals surface area contributed by atoms with Crippen molar-refractivity contribution in [2.24, 2.45) is 17.8 Å². The molecule has 3 unspecified atom stereocenters. The molecule has 76 valence electrons. The summed E-state index contributed by atoms with van der Waals surface area (Å²) < 4.78 is 0. The molecule has 0 aromatic rings. The number of fused-ring (bicyclic) bond motifs is 4. The first kappa shape index (κ1) is 8.76. The number of hydrogen-bond donors (Lipinski definition) is 0. The molecule has 2 bridgehead atoms. The third-order valence-corrected chi connectivity index (χ3v) is 4.67. The molecule has 0 aromatic carbocycles. The Kier molecular flexibility index (Phi) is 1.87. The van der Waals surface area contributed by atoms with Crippen LogP contribution in [0.5, 0.6) is 0 Å². The van der Waals surface area contributed by atoms with Crippen molar-refractivity contribution in [1.29, 1.82) is 0 Å². The van der Waals surface area contributed by atoms with E-state index in [2.05, 4.69) is 19.9 Å². The van der Waals surface area contributed by atoms with Gasteiger partial charge in [0.2, 0.25) is 0 Å². The van der Waals surface area contributed by atoms with Crippen LogP contribution in [0.2, 0.25) is 0 Å². The van der Waals surface area contributed by atoms with Crippen LogP contribution in [0.3, 0.4) is 0 Å². The smallest absolute Gasteiger partial charge is 0.00183 e. The lowest BCUT2D eigenvalue weighted by Gasteiger charge is -2.30. The summed E-state index contributed by atoms with van der Waals surface area (Å²) in [6.07, 6.45) is 9.57. The molecule has 0 heteroatoms. The van der Waals surface area contributed by atoms with Crippen LogP contribution < -0.4 is 0 Å². The largest absolute Gasteiger partial charge is 0.0878 e. The highest BCUT2D eigenvalue weighted by Gasteiger charge is 2.43. The molecule has 0 amide bonds. The van der Waals surface area contributed by atoms with Gasteiger partial charge in [-0.05, 0) is 50.9 Å². The molecule has 3 atom stereocenters. The van der Waals surface area contributed by atoms with Crippen molar-refractivity contribution in [3.8, 4) is 0 Å². The summed E-state index contributed by atoms with van der Waals surface area (Å²) in [4.78, 5) is 0. The van der Waals surface area contributed by atoms with E-state index in [9.17, 15) is 0 Å². The number of allylic oxidation sites excluding steroid dienone is 4. The minimum Gasteiger partial charge on any atom is -0.0878 e. The van der Waals surface area contributed by atoms with Gasteiger partial charge in [0, 0.05) is 5.92 Å². The lowest BCUT2D eigenvalue weighted by atomic mass is 9.75. The van der Waals surface area contributed by atoms with Crippen molar-refractivity contribution >= 4 is 0 Å². The number of rotatable bonds is 0. The van der Waals surface area contributed by atoms with E-state index in [1.165, 1.54) is 32.1 Å². The summed E-state index contributed by atoms with van der Waals surface area (Å²) in [7, 11) is 0. The van der Waals surface area contributed by atoms with Gasteiger partial charge in [-0.2, -0.15) is 0 Å². The quantitative estimate of drug-likeness (QED) is 0.502. The van der Waals surface area contributed by atoms with Gasteiger partial charge in [0.05, 0.1) is 0 Å². The minimum absolute atomic E-state index is 0.885. The summed E-state index contributed by atoms with van der Waals surface area (Å²) in [6.45, 7) is 4.67. The Morgan fingerprint density at radius 3 is 3.00 bits per heavy atom. The van der Waals surface area contributed by atoms with Crippen molar-refractivity contribution in [2.75, 3.05) is 0 Å². The maximum absolute atomic E-state index is 2.45. The van der Waals surface area contributed by atoms with Gasteiger partial charge in [-0.25, -0.2) is 0 Å². The zero-order chi connectivity index (χ0) is 9.71. The van der Waals surface area contributed by atoms with Crippen LogP contribution in [0.4, 0.5) is 0 Å². The van der Waals surface area contributed by atoms with E-state index in [-0.39, 0.29) is 0 Å². The first-order chi connectivity index (χ1) is 6.81. The average molecular weight is 188 g/mol. The van der Waals surface area contributed by atoms with E-state index in [1.807, 2.05) is 11.1 Å². The molecule has 0 nitrogen and oxygen atoms in total. The van der Waals surface area contributed by atoms with Gasteiger partial charge < -0.3 is 0 Å². The fourth-order valence-corrected chi connectivity index (χ4v) is 4.08. The van der Waals surface area contributed by atoms with Crippen molar-refractivity contribution in [3.05, 3.63) is 22.8 Å². The second-order valence-electron chi connectivity index (χ2n) is 5.33. The normalized spacial score (nSPS) is 43.6. The standard InChI is InChI=1S/C14H20/c1-3-10-7-11-8-13(10)14-9(2)5-4-6-12(11)14/h3,9,11,13H,4-8H2,1-2H3. The van der Waals surface area contributed by atoms with Crippen molar-refractivity contribution in [2.45, 2.75) is 46.0 Å². The highest BCUT2D eigenvalue weighted by Crippen LogP contribution is 2.57. The van der Waals surface area contributed by atoms with Crippen LogP contribution in [0.1, 0.15) is 46.0 Å². The molecule has 0 aliphatic heterocycles. The van der Waals surface area contributed by atoms with Crippen LogP contribution in [-0.4, -0.2) is 0 Å². The van der Waals surface area contributed by atoms with Gasteiger partial charge in [-0.1, -0.05) is 29.7 Å². The second kappa shape index (κ2) is 2.98. The summed E-state index contributed by atoms with van der Waals surface area (Å²) in [5.74, 6) is 2.74. The molecule has 3 aliphatic carbocycles. The minimum atomic E-state index is 0.885. The molecule has 3 aliphatic rings. The Bertz CT molecular complexity index is 319. The second-order valence-corrected chi connectivity index (χ2v) is 5.33. The van der Waals surface area contributed by atoms with Crippen LogP contribution in [0.25, 0.3) is 0 Å². The summed E-state index contributed by atoms with van der Waals surface area (Å²) >= 11 is 0. The fourth-order valence-electron chi connectivity index (χ4n) is 4.08. The lowest BCUT2D eigenvalue weighted by Crippen LogP contribution is -2.16. The lowest BCUT2D eigenvalue weighted by molar-refractivity contribution is 0.491. The van der Waals surface area contributed by atoms with Gasteiger partial charge >= 0.3 is 0 Å². The first-order valence-corrected chi connectivity index (χ1v) is 6.19. The Morgan fingerprint density at radius 1 is 1.36 bits per heavy atom. The van der Waals surface area contributed by atoms with Crippen molar-refractivity contribution in [3.63, 3.8) is 0 Å². The van der Waals surface area contributed by atoms with E-state index in [1.54, 1.807) is 5.57 Å². The third kappa shape index (κ3) is 1.00. The Labute approximate surface area is 87.1 Å². The average Bonchev–Trinajstić information content (AvgIpc) is 2.75. The molecule has 0 spiro atoms. The topological polar surface area (TPSA) is 0 Å². The van der Waals surface area contributed by atoms with Crippen LogP contribution in [0.15, 0.2) is 22.8 Å². The van der Waals surface area contributed by atoms with Gasteiger partial charge in [0.15, 0.2) is 0 Å². The molecule has 1 fully saturated rings. The molecule has 0 heterocycles.